The highest BCUT2D eigenvalue weighted by Gasteiger charge is 2.45. The fraction of sp³-hybridized carbons (Fsp3) is 1.00. The number of phosphoric acid groups is 1. The second kappa shape index (κ2) is 14.0. The summed E-state index contributed by atoms with van der Waals surface area (Å²) in [5, 5.41) is 48.9. The van der Waals surface area contributed by atoms with Crippen molar-refractivity contribution in [2.45, 2.75) is 76.7 Å². The molecule has 176 valence electrons. The summed E-state index contributed by atoms with van der Waals surface area (Å²) in [4.78, 5) is 9.06. The molecule has 1 fully saturated rings. The smallest absolute Gasteiger partial charge is 0.394 e. The minimum Gasteiger partial charge on any atom is -0.394 e. The van der Waals surface area contributed by atoms with E-state index in [9.17, 15) is 30.1 Å². The summed E-state index contributed by atoms with van der Waals surface area (Å²) in [5.74, 6) is 0. The molecule has 0 aromatic rings. The largest absolute Gasteiger partial charge is 0.472 e. The minimum absolute atomic E-state index is 0.238. The Bertz CT molecular complexity index is 479. The van der Waals surface area contributed by atoms with Crippen LogP contribution < -0.4 is 0 Å². The molecular formula is C16H35O12P. The number of phosphoric ester groups is 1. The number of hydrogen-bond acceptors (Lipinski definition) is 11. The number of rotatable bonds is 12. The van der Waals surface area contributed by atoms with Gasteiger partial charge in [-0.3, -0.25) is 9.05 Å². The first-order valence-electron chi connectivity index (χ1n) is 9.31. The van der Waals surface area contributed by atoms with Crippen LogP contribution in [0.3, 0.4) is 0 Å². The van der Waals surface area contributed by atoms with Crippen LogP contribution >= 0.6 is 7.82 Å². The number of aliphatic hydroxyl groups excluding tert-OH is 5. The molecule has 8 unspecified atom stereocenters. The van der Waals surface area contributed by atoms with E-state index in [4.69, 9.17) is 19.1 Å². The molecule has 29 heavy (non-hydrogen) atoms. The summed E-state index contributed by atoms with van der Waals surface area (Å²) < 4.78 is 35.7. The van der Waals surface area contributed by atoms with Crippen LogP contribution in [-0.4, -0.2) is 106 Å². The molecule has 13 heteroatoms. The summed E-state index contributed by atoms with van der Waals surface area (Å²) in [6, 6.07) is 0. The van der Waals surface area contributed by atoms with Gasteiger partial charge in [-0.15, -0.1) is 0 Å². The van der Waals surface area contributed by atoms with Crippen LogP contribution in [0.5, 0.6) is 0 Å². The summed E-state index contributed by atoms with van der Waals surface area (Å²) >= 11 is 0. The van der Waals surface area contributed by atoms with Gasteiger partial charge in [0.1, 0.15) is 36.6 Å². The summed E-state index contributed by atoms with van der Waals surface area (Å²) in [6.45, 7) is 5.74. The maximum Gasteiger partial charge on any atom is 0.472 e. The number of ether oxygens (including phenoxy) is 3. The average Bonchev–Trinajstić information content (AvgIpc) is 2.99. The van der Waals surface area contributed by atoms with E-state index in [1.54, 1.807) is 13.8 Å². The molecule has 0 bridgehead atoms. The highest BCUT2D eigenvalue weighted by atomic mass is 31.2. The Morgan fingerprint density at radius 2 is 1.66 bits per heavy atom. The maximum atomic E-state index is 11.1. The molecule has 6 N–H and O–H groups in total. The van der Waals surface area contributed by atoms with E-state index < -0.39 is 70.6 Å². The topological polar surface area (TPSA) is 185 Å². The van der Waals surface area contributed by atoms with Crippen molar-refractivity contribution < 1.29 is 58.2 Å². The average molecular weight is 450 g/mol. The third kappa shape index (κ3) is 9.64. The van der Waals surface area contributed by atoms with Crippen molar-refractivity contribution >= 4 is 7.82 Å². The predicted molar refractivity (Wildman–Crippen MR) is 99.9 cm³/mol. The second-order valence-corrected chi connectivity index (χ2v) is 7.83. The van der Waals surface area contributed by atoms with E-state index in [-0.39, 0.29) is 6.10 Å². The Morgan fingerprint density at radius 3 is 2.14 bits per heavy atom. The van der Waals surface area contributed by atoms with E-state index in [1.807, 2.05) is 13.8 Å². The molecule has 8 atom stereocenters. The molecule has 1 saturated heterocycles. The molecule has 0 aliphatic carbocycles. The van der Waals surface area contributed by atoms with Gasteiger partial charge < -0.3 is 44.6 Å². The normalized spacial score (nSPS) is 29.7. The second-order valence-electron chi connectivity index (χ2n) is 6.27. The first-order chi connectivity index (χ1) is 13.5. The molecule has 0 spiro atoms. The molecule has 0 amide bonds. The lowest BCUT2D eigenvalue weighted by Crippen LogP contribution is -2.44. The van der Waals surface area contributed by atoms with E-state index in [1.165, 1.54) is 0 Å². The fourth-order valence-electron chi connectivity index (χ4n) is 2.34. The first-order valence-corrected chi connectivity index (χ1v) is 10.8. The van der Waals surface area contributed by atoms with E-state index in [2.05, 4.69) is 9.05 Å². The maximum absolute atomic E-state index is 11.1. The monoisotopic (exact) mass is 450 g/mol. The van der Waals surface area contributed by atoms with Gasteiger partial charge in [-0.1, -0.05) is 13.8 Å². The van der Waals surface area contributed by atoms with Crippen molar-refractivity contribution in [3.05, 3.63) is 0 Å². The fourth-order valence-corrected chi connectivity index (χ4v) is 2.79. The Hall–Kier alpha value is -0.210. The zero-order chi connectivity index (χ0) is 22.8. The molecule has 0 aromatic carbocycles. The third-order valence-corrected chi connectivity index (χ3v) is 4.70. The van der Waals surface area contributed by atoms with E-state index in [0.29, 0.717) is 0 Å². The van der Waals surface area contributed by atoms with Crippen molar-refractivity contribution in [1.82, 2.24) is 0 Å². The molecule has 1 rings (SSSR count). The Morgan fingerprint density at radius 1 is 1.10 bits per heavy atom. The first kappa shape index (κ1) is 28.8. The van der Waals surface area contributed by atoms with Gasteiger partial charge in [0.2, 0.25) is 0 Å². The van der Waals surface area contributed by atoms with Crippen LogP contribution in [-0.2, 0) is 27.8 Å². The van der Waals surface area contributed by atoms with Crippen LogP contribution in [0.4, 0.5) is 0 Å². The SMILES string of the molecule is CC.COP(=O)(O)OCC(O)C(O)C(O)COC1OC(CO)C(OC(C)C)C1O. The summed E-state index contributed by atoms with van der Waals surface area (Å²) in [6.07, 6.45) is -9.50. The zero-order valence-corrected chi connectivity index (χ0v) is 18.2. The summed E-state index contributed by atoms with van der Waals surface area (Å²) in [7, 11) is -3.42. The standard InChI is InChI=1S/C14H29O12P.C2H6/c1-7(2)25-13-10(4-15)26-14(12(13)19)23-5-8(16)11(18)9(17)6-24-27(20,21)22-3;1-2/h7-19H,4-6H2,1-3H3,(H,20,21);1-2H3. The molecule has 0 aromatic heterocycles. The van der Waals surface area contributed by atoms with Gasteiger partial charge in [-0.2, -0.15) is 0 Å². The lowest BCUT2D eigenvalue weighted by atomic mass is 10.1. The highest BCUT2D eigenvalue weighted by Crippen LogP contribution is 2.42. The molecule has 12 nitrogen and oxygen atoms in total. The van der Waals surface area contributed by atoms with Crippen LogP contribution in [0.25, 0.3) is 0 Å². The zero-order valence-electron chi connectivity index (χ0n) is 17.3. The van der Waals surface area contributed by atoms with E-state index >= 15 is 0 Å². The van der Waals surface area contributed by atoms with Crippen LogP contribution in [0.15, 0.2) is 0 Å². The van der Waals surface area contributed by atoms with Gasteiger partial charge in [0.05, 0.1) is 25.9 Å². The van der Waals surface area contributed by atoms with Gasteiger partial charge in [0.25, 0.3) is 0 Å². The van der Waals surface area contributed by atoms with Gasteiger partial charge in [0.15, 0.2) is 6.29 Å². The predicted octanol–water partition coefficient (Wildman–Crippen LogP) is -1.25. The molecular weight excluding hydrogens is 415 g/mol. The molecule has 0 radical (unpaired) electrons. The van der Waals surface area contributed by atoms with Crippen LogP contribution in [0.2, 0.25) is 0 Å². The highest BCUT2D eigenvalue weighted by molar-refractivity contribution is 7.47. The Labute approximate surface area is 170 Å². The van der Waals surface area contributed by atoms with Crippen molar-refractivity contribution in [2.24, 2.45) is 0 Å². The van der Waals surface area contributed by atoms with Crippen molar-refractivity contribution in [2.75, 3.05) is 26.9 Å². The van der Waals surface area contributed by atoms with Gasteiger partial charge in [0, 0.05) is 7.11 Å². The Balaban J connectivity index is 0.00000379. The van der Waals surface area contributed by atoms with Crippen LogP contribution in [0.1, 0.15) is 27.7 Å². The van der Waals surface area contributed by atoms with Gasteiger partial charge in [-0.05, 0) is 13.8 Å². The minimum atomic E-state index is -4.34. The van der Waals surface area contributed by atoms with Crippen molar-refractivity contribution in [3.8, 4) is 0 Å². The van der Waals surface area contributed by atoms with Gasteiger partial charge in [-0.25, -0.2) is 4.57 Å². The van der Waals surface area contributed by atoms with Crippen molar-refractivity contribution in [3.63, 3.8) is 0 Å². The quantitative estimate of drug-likeness (QED) is 0.194. The Kier molecular flexibility index (Phi) is 13.9. The molecule has 1 aliphatic rings. The van der Waals surface area contributed by atoms with Crippen molar-refractivity contribution in [1.29, 1.82) is 0 Å². The molecule has 0 saturated carbocycles. The van der Waals surface area contributed by atoms with E-state index in [0.717, 1.165) is 7.11 Å². The number of aliphatic hydroxyl groups is 5. The van der Waals surface area contributed by atoms with Gasteiger partial charge >= 0.3 is 7.82 Å². The van der Waals surface area contributed by atoms with Crippen LogP contribution in [0, 0.1) is 0 Å². The molecule has 1 aliphatic heterocycles. The lowest BCUT2D eigenvalue weighted by Gasteiger charge is -2.25. The molecule has 1 heterocycles. The summed E-state index contributed by atoms with van der Waals surface area (Å²) in [5.41, 5.74) is 0. The lowest BCUT2D eigenvalue weighted by molar-refractivity contribution is -0.194. The third-order valence-electron chi connectivity index (χ3n) is 3.76. The number of hydrogen-bond donors (Lipinski definition) is 6.